The van der Waals surface area contributed by atoms with Crippen LogP contribution in [0.2, 0.25) is 0 Å². The largest absolute Gasteiger partial charge is 0.507 e. The predicted octanol–water partition coefficient (Wildman–Crippen LogP) is 3.58. The fourth-order valence-electron chi connectivity index (χ4n) is 3.47. The van der Waals surface area contributed by atoms with Gasteiger partial charge in [-0.1, -0.05) is 24.3 Å². The number of furan rings is 1. The standard InChI is InChI=1S/C27H21N3O7S/c1-38(34,35)22-8-5-17(6-9-22)16-37-21-4-2-3-18(14-21)23-11-12-36-25(23)27(33)30-29-26(32)19-7-10-24(31)20(13-19)15-28/h2-14,31H,16H2,1H3,(H,29,32)(H,30,33). The molecule has 0 aliphatic heterocycles. The Kier molecular flexibility index (Phi) is 7.45. The topological polar surface area (TPSA) is 159 Å². The molecule has 0 fully saturated rings. The molecule has 0 atom stereocenters. The fraction of sp³-hybridized carbons (Fsp3) is 0.0741. The molecular weight excluding hydrogens is 510 g/mol. The highest BCUT2D eigenvalue weighted by Crippen LogP contribution is 2.28. The summed E-state index contributed by atoms with van der Waals surface area (Å²) in [5, 5.41) is 18.6. The van der Waals surface area contributed by atoms with E-state index >= 15 is 0 Å². The molecule has 1 aromatic heterocycles. The normalized spacial score (nSPS) is 10.8. The number of hydrazine groups is 1. The number of nitrogens with one attached hydrogen (secondary N) is 2. The number of aromatic hydroxyl groups is 1. The molecule has 10 nitrogen and oxygen atoms in total. The van der Waals surface area contributed by atoms with Crippen LogP contribution in [0.25, 0.3) is 11.1 Å². The van der Waals surface area contributed by atoms with E-state index < -0.39 is 21.7 Å². The highest BCUT2D eigenvalue weighted by molar-refractivity contribution is 7.90. The lowest BCUT2D eigenvalue weighted by atomic mass is 10.1. The molecule has 0 aliphatic carbocycles. The molecule has 4 aromatic rings. The van der Waals surface area contributed by atoms with E-state index in [9.17, 15) is 23.1 Å². The zero-order chi connectivity index (χ0) is 27.3. The minimum absolute atomic E-state index is 0.0535. The van der Waals surface area contributed by atoms with Gasteiger partial charge in [0.15, 0.2) is 9.84 Å². The van der Waals surface area contributed by atoms with Gasteiger partial charge >= 0.3 is 5.91 Å². The van der Waals surface area contributed by atoms with Gasteiger partial charge in [-0.3, -0.25) is 20.4 Å². The van der Waals surface area contributed by atoms with Gasteiger partial charge in [-0.05, 0) is 59.7 Å². The second kappa shape index (κ2) is 10.9. The molecule has 1 heterocycles. The maximum absolute atomic E-state index is 12.7. The van der Waals surface area contributed by atoms with Crippen molar-refractivity contribution in [1.82, 2.24) is 10.9 Å². The van der Waals surface area contributed by atoms with Gasteiger partial charge in [-0.15, -0.1) is 0 Å². The summed E-state index contributed by atoms with van der Waals surface area (Å²) in [6.07, 6.45) is 2.48. The number of carbonyl (C=O) groups excluding carboxylic acids is 2. The molecule has 4 rings (SSSR count). The molecular formula is C27H21N3O7S. The second-order valence-corrected chi connectivity index (χ2v) is 10.2. The van der Waals surface area contributed by atoms with E-state index in [-0.39, 0.29) is 34.1 Å². The summed E-state index contributed by atoms with van der Waals surface area (Å²) in [5.74, 6) is -1.21. The summed E-state index contributed by atoms with van der Waals surface area (Å²) in [7, 11) is -3.28. The minimum atomic E-state index is -3.28. The van der Waals surface area contributed by atoms with Crippen LogP contribution in [0.1, 0.15) is 32.0 Å². The first kappa shape index (κ1) is 26.0. The van der Waals surface area contributed by atoms with Gasteiger partial charge < -0.3 is 14.3 Å². The molecule has 2 amide bonds. The average Bonchev–Trinajstić information content (AvgIpc) is 3.41. The Bertz CT molecular complexity index is 1650. The first-order chi connectivity index (χ1) is 18.2. The van der Waals surface area contributed by atoms with Crippen molar-refractivity contribution in [1.29, 1.82) is 5.26 Å². The van der Waals surface area contributed by atoms with Crippen molar-refractivity contribution in [2.75, 3.05) is 6.26 Å². The van der Waals surface area contributed by atoms with Gasteiger partial charge in [0.1, 0.15) is 24.2 Å². The number of carbonyl (C=O) groups is 2. The maximum Gasteiger partial charge on any atom is 0.306 e. The molecule has 0 unspecified atom stereocenters. The number of phenols is 1. The van der Waals surface area contributed by atoms with Crippen molar-refractivity contribution in [3.63, 3.8) is 0 Å². The van der Waals surface area contributed by atoms with Crippen molar-refractivity contribution < 1.29 is 32.3 Å². The van der Waals surface area contributed by atoms with E-state index in [2.05, 4.69) is 10.9 Å². The third kappa shape index (κ3) is 6.00. The number of rotatable bonds is 7. The number of phenolic OH excluding ortho intramolecular Hbond substituents is 1. The molecule has 0 saturated carbocycles. The lowest BCUT2D eigenvalue weighted by Gasteiger charge is -2.10. The number of ether oxygens (including phenoxy) is 1. The second-order valence-electron chi connectivity index (χ2n) is 8.15. The van der Waals surface area contributed by atoms with Gasteiger partial charge in [-0.25, -0.2) is 8.42 Å². The first-order valence-corrected chi connectivity index (χ1v) is 13.0. The minimum Gasteiger partial charge on any atom is -0.507 e. The SMILES string of the molecule is CS(=O)(=O)c1ccc(COc2cccc(-c3ccoc3C(=O)NNC(=O)c3ccc(O)c(C#N)c3)c2)cc1. The highest BCUT2D eigenvalue weighted by Gasteiger charge is 2.19. The van der Waals surface area contributed by atoms with Crippen molar-refractivity contribution in [3.8, 4) is 28.7 Å². The lowest BCUT2D eigenvalue weighted by Crippen LogP contribution is -2.41. The molecule has 3 aromatic carbocycles. The van der Waals surface area contributed by atoms with Gasteiger partial charge in [0.05, 0.1) is 16.7 Å². The summed E-state index contributed by atoms with van der Waals surface area (Å²) in [4.78, 5) is 25.3. The van der Waals surface area contributed by atoms with E-state index in [1.165, 1.54) is 36.6 Å². The smallest absolute Gasteiger partial charge is 0.306 e. The fourth-order valence-corrected chi connectivity index (χ4v) is 4.11. The summed E-state index contributed by atoms with van der Waals surface area (Å²) in [6.45, 7) is 0.197. The molecule has 11 heteroatoms. The Balaban J connectivity index is 1.42. The monoisotopic (exact) mass is 531 g/mol. The van der Waals surface area contributed by atoms with Crippen molar-refractivity contribution in [2.24, 2.45) is 0 Å². The summed E-state index contributed by atoms with van der Waals surface area (Å²) in [5.41, 5.74) is 6.36. The molecule has 38 heavy (non-hydrogen) atoms. The summed E-state index contributed by atoms with van der Waals surface area (Å²) < 4.78 is 34.4. The van der Waals surface area contributed by atoms with Crippen molar-refractivity contribution in [2.45, 2.75) is 11.5 Å². The molecule has 0 radical (unpaired) electrons. The Hall–Kier alpha value is -5.08. The highest BCUT2D eigenvalue weighted by atomic mass is 32.2. The number of amides is 2. The summed E-state index contributed by atoms with van der Waals surface area (Å²) in [6, 6.07) is 20.4. The van der Waals surface area contributed by atoms with Crippen LogP contribution in [0.15, 0.2) is 88.4 Å². The van der Waals surface area contributed by atoms with Gasteiger partial charge in [0.25, 0.3) is 5.91 Å². The number of hydrogen-bond donors (Lipinski definition) is 3. The Morgan fingerprint density at radius 3 is 2.45 bits per heavy atom. The van der Waals surface area contributed by atoms with Crippen LogP contribution in [0, 0.1) is 11.3 Å². The molecule has 0 bridgehead atoms. The Labute approximate surface area is 218 Å². The zero-order valence-corrected chi connectivity index (χ0v) is 20.8. The van der Waals surface area contributed by atoms with E-state index in [0.717, 1.165) is 11.8 Å². The van der Waals surface area contributed by atoms with Crippen LogP contribution in [0.4, 0.5) is 0 Å². The van der Waals surface area contributed by atoms with Gasteiger partial charge in [0.2, 0.25) is 5.76 Å². The number of benzene rings is 3. The van der Waals surface area contributed by atoms with E-state index in [0.29, 0.717) is 16.9 Å². The van der Waals surface area contributed by atoms with Gasteiger partial charge in [-0.2, -0.15) is 5.26 Å². The van der Waals surface area contributed by atoms with Crippen LogP contribution in [-0.2, 0) is 16.4 Å². The Morgan fingerprint density at radius 1 is 1.00 bits per heavy atom. The van der Waals surface area contributed by atoms with Crippen LogP contribution in [-0.4, -0.2) is 31.6 Å². The third-order valence-electron chi connectivity index (χ3n) is 5.44. The maximum atomic E-state index is 12.7. The quantitative estimate of drug-likeness (QED) is 0.305. The molecule has 192 valence electrons. The molecule has 3 N–H and O–H groups in total. The lowest BCUT2D eigenvalue weighted by molar-refractivity contribution is 0.0831. The first-order valence-electron chi connectivity index (χ1n) is 11.1. The molecule has 0 spiro atoms. The van der Waals surface area contributed by atoms with E-state index in [4.69, 9.17) is 14.4 Å². The predicted molar refractivity (Wildman–Crippen MR) is 136 cm³/mol. The molecule has 0 saturated heterocycles. The molecule has 0 aliphatic rings. The third-order valence-corrected chi connectivity index (χ3v) is 6.57. The summed E-state index contributed by atoms with van der Waals surface area (Å²) >= 11 is 0. The van der Waals surface area contributed by atoms with Crippen LogP contribution < -0.4 is 15.6 Å². The van der Waals surface area contributed by atoms with Crippen molar-refractivity contribution >= 4 is 21.7 Å². The van der Waals surface area contributed by atoms with Crippen LogP contribution in [0.5, 0.6) is 11.5 Å². The van der Waals surface area contributed by atoms with E-state index in [1.54, 1.807) is 48.5 Å². The zero-order valence-electron chi connectivity index (χ0n) is 20.0. The number of nitriles is 1. The Morgan fingerprint density at radius 2 is 1.74 bits per heavy atom. The number of sulfone groups is 1. The van der Waals surface area contributed by atoms with Crippen molar-refractivity contribution in [3.05, 3.63) is 102 Å². The van der Waals surface area contributed by atoms with Gasteiger partial charge in [0, 0.05) is 17.4 Å². The van der Waals surface area contributed by atoms with Crippen LogP contribution >= 0.6 is 0 Å². The van der Waals surface area contributed by atoms with E-state index in [1.807, 2.05) is 0 Å². The van der Waals surface area contributed by atoms with Crippen LogP contribution in [0.3, 0.4) is 0 Å². The average molecular weight is 532 g/mol. The number of nitrogens with zero attached hydrogens (tertiary/aromatic N) is 1. The number of hydrogen-bond acceptors (Lipinski definition) is 8.